The lowest BCUT2D eigenvalue weighted by Crippen LogP contribution is -2.14. The first-order valence-corrected chi connectivity index (χ1v) is 11.8. The van der Waals surface area contributed by atoms with E-state index < -0.39 is 0 Å². The van der Waals surface area contributed by atoms with Gasteiger partial charge in [0.15, 0.2) is 10.9 Å². The van der Waals surface area contributed by atoms with Crippen molar-refractivity contribution in [3.05, 3.63) is 72.2 Å². The number of carbonyl (C=O) groups excluding carboxylic acids is 2. The lowest BCUT2D eigenvalue weighted by atomic mass is 10.1. The van der Waals surface area contributed by atoms with Crippen molar-refractivity contribution in [2.45, 2.75) is 30.7 Å². The lowest BCUT2D eigenvalue weighted by molar-refractivity contribution is -0.120. The highest BCUT2D eigenvalue weighted by Crippen LogP contribution is 2.34. The van der Waals surface area contributed by atoms with Crippen molar-refractivity contribution in [1.29, 1.82) is 0 Å². The monoisotopic (exact) mass is 475 g/mol. The van der Waals surface area contributed by atoms with Crippen molar-refractivity contribution in [3.63, 3.8) is 0 Å². The topological polar surface area (TPSA) is 99.0 Å². The number of ether oxygens (including phenoxy) is 1. The van der Waals surface area contributed by atoms with Gasteiger partial charge < -0.3 is 14.6 Å². The Morgan fingerprint density at radius 2 is 1.97 bits per heavy atom. The number of nitrogens with zero attached hydrogens (tertiary/aromatic N) is 4. The van der Waals surface area contributed by atoms with Crippen LogP contribution in [0.15, 0.2) is 66.1 Å². The minimum Gasteiger partial charge on any atom is -0.485 e. The number of aryl methyl sites for hydroxylation is 1. The minimum absolute atomic E-state index is 0.0154. The number of hydrogen-bond donors (Lipinski definition) is 1. The average molecular weight is 476 g/mol. The number of amides is 1. The number of fused-ring (bicyclic) bond motifs is 1. The van der Waals surface area contributed by atoms with Crippen molar-refractivity contribution < 1.29 is 14.3 Å². The first-order valence-electron chi connectivity index (χ1n) is 10.9. The summed E-state index contributed by atoms with van der Waals surface area (Å²) in [6.07, 6.45) is 2.09. The molecule has 2 aromatic heterocycles. The molecule has 0 saturated carbocycles. The molecule has 9 heteroatoms. The maximum absolute atomic E-state index is 12.9. The van der Waals surface area contributed by atoms with Crippen LogP contribution in [0.1, 0.15) is 41.6 Å². The highest BCUT2D eigenvalue weighted by molar-refractivity contribution is 7.99. The first kappa shape index (κ1) is 23.4. The van der Waals surface area contributed by atoms with Crippen molar-refractivity contribution >= 4 is 40.0 Å². The number of carbonyl (C=O) groups is 2. The molecule has 8 nitrogen and oxygen atoms in total. The molecule has 2 aromatic carbocycles. The maximum atomic E-state index is 12.9. The predicted molar refractivity (Wildman–Crippen MR) is 132 cm³/mol. The molecule has 0 aliphatic carbocycles. The average Bonchev–Trinajstić information content (AvgIpc) is 3.26. The quantitative estimate of drug-likeness (QED) is 0.346. The number of ketones is 1. The number of hydrogen-bond acceptors (Lipinski definition) is 7. The molecule has 1 N–H and O–H groups in total. The molecule has 0 saturated heterocycles. The SMILES string of the molecule is CCC(=O)COc1cccc2nc(C(=O)Nc3cccc([C@H](C)Sc4nncn4C)c3)ccc12. The van der Waals surface area contributed by atoms with Gasteiger partial charge in [0, 0.05) is 29.8 Å². The molecule has 0 spiro atoms. The summed E-state index contributed by atoms with van der Waals surface area (Å²) >= 11 is 1.60. The molecule has 0 aliphatic rings. The predicted octanol–water partition coefficient (Wildman–Crippen LogP) is 4.83. The molecule has 0 bridgehead atoms. The van der Waals surface area contributed by atoms with E-state index in [2.05, 4.69) is 27.4 Å². The minimum atomic E-state index is -0.305. The molecule has 34 heavy (non-hydrogen) atoms. The zero-order valence-electron chi connectivity index (χ0n) is 19.2. The summed E-state index contributed by atoms with van der Waals surface area (Å²) in [5.74, 6) is 0.286. The van der Waals surface area contributed by atoms with E-state index in [0.717, 1.165) is 16.1 Å². The fourth-order valence-corrected chi connectivity index (χ4v) is 4.22. The summed E-state index contributed by atoms with van der Waals surface area (Å²) in [6.45, 7) is 3.90. The van der Waals surface area contributed by atoms with Crippen LogP contribution in [-0.4, -0.2) is 38.0 Å². The van der Waals surface area contributed by atoms with Crippen LogP contribution in [0.4, 0.5) is 5.69 Å². The Bertz CT molecular complexity index is 1340. The van der Waals surface area contributed by atoms with Crippen LogP contribution in [0.5, 0.6) is 5.75 Å². The number of rotatable bonds is 9. The zero-order valence-corrected chi connectivity index (χ0v) is 20.0. The van der Waals surface area contributed by atoms with E-state index in [9.17, 15) is 9.59 Å². The van der Waals surface area contributed by atoms with Crippen LogP contribution < -0.4 is 10.1 Å². The molecule has 0 unspecified atom stereocenters. The summed E-state index contributed by atoms with van der Waals surface area (Å²) in [7, 11) is 1.90. The zero-order chi connectivity index (χ0) is 24.1. The van der Waals surface area contributed by atoms with E-state index in [0.29, 0.717) is 29.1 Å². The van der Waals surface area contributed by atoms with Crippen LogP contribution in [0.25, 0.3) is 10.9 Å². The number of thioether (sulfide) groups is 1. The van der Waals surface area contributed by atoms with Gasteiger partial charge >= 0.3 is 0 Å². The molecule has 4 rings (SSSR count). The molecule has 0 radical (unpaired) electrons. The van der Waals surface area contributed by atoms with Gasteiger partial charge in [-0.3, -0.25) is 9.59 Å². The number of pyridine rings is 1. The second kappa shape index (κ2) is 10.5. The van der Waals surface area contributed by atoms with Crippen LogP contribution in [-0.2, 0) is 11.8 Å². The molecule has 2 heterocycles. The highest BCUT2D eigenvalue weighted by atomic mass is 32.2. The third kappa shape index (κ3) is 5.43. The third-order valence-electron chi connectivity index (χ3n) is 5.27. The van der Waals surface area contributed by atoms with Crippen LogP contribution >= 0.6 is 11.8 Å². The van der Waals surface area contributed by atoms with E-state index in [1.807, 2.05) is 41.9 Å². The molecular weight excluding hydrogens is 450 g/mol. The Morgan fingerprint density at radius 1 is 1.15 bits per heavy atom. The lowest BCUT2D eigenvalue weighted by Gasteiger charge is -2.13. The molecule has 1 atom stereocenters. The van der Waals surface area contributed by atoms with Gasteiger partial charge in [-0.1, -0.05) is 36.9 Å². The van der Waals surface area contributed by atoms with Gasteiger partial charge in [-0.15, -0.1) is 10.2 Å². The van der Waals surface area contributed by atoms with E-state index >= 15 is 0 Å². The summed E-state index contributed by atoms with van der Waals surface area (Å²) in [5.41, 5.74) is 2.66. The number of benzene rings is 2. The van der Waals surface area contributed by atoms with Crippen LogP contribution in [0.2, 0.25) is 0 Å². The fourth-order valence-electron chi connectivity index (χ4n) is 3.31. The maximum Gasteiger partial charge on any atom is 0.274 e. The van der Waals surface area contributed by atoms with Gasteiger partial charge in [0.25, 0.3) is 5.91 Å². The van der Waals surface area contributed by atoms with Gasteiger partial charge in [-0.25, -0.2) is 4.98 Å². The van der Waals surface area contributed by atoms with Crippen molar-refractivity contribution in [1.82, 2.24) is 19.7 Å². The van der Waals surface area contributed by atoms with Crippen LogP contribution in [0, 0.1) is 0 Å². The Labute approximate surface area is 201 Å². The molecular formula is C25H25N5O3S. The van der Waals surface area contributed by atoms with E-state index in [-0.39, 0.29) is 23.5 Å². The number of aromatic nitrogens is 4. The Hall–Kier alpha value is -3.72. The van der Waals surface area contributed by atoms with Gasteiger partial charge in [-0.05, 0) is 48.9 Å². The largest absolute Gasteiger partial charge is 0.485 e. The summed E-state index contributed by atoms with van der Waals surface area (Å²) in [4.78, 5) is 29.0. The molecule has 4 aromatic rings. The number of anilines is 1. The van der Waals surface area contributed by atoms with Gasteiger partial charge in [-0.2, -0.15) is 0 Å². The van der Waals surface area contributed by atoms with E-state index in [4.69, 9.17) is 4.74 Å². The van der Waals surface area contributed by atoms with Crippen molar-refractivity contribution in [2.24, 2.45) is 7.05 Å². The molecule has 0 fully saturated rings. The highest BCUT2D eigenvalue weighted by Gasteiger charge is 2.14. The summed E-state index contributed by atoms with van der Waals surface area (Å²) < 4.78 is 7.52. The number of Topliss-reactive ketones (excluding diaryl/α,β-unsaturated/α-hetero) is 1. The fraction of sp³-hybridized carbons (Fsp3) is 0.240. The third-order valence-corrected chi connectivity index (χ3v) is 6.48. The summed E-state index contributed by atoms with van der Waals surface area (Å²) in [6, 6.07) is 16.6. The van der Waals surface area contributed by atoms with Crippen molar-refractivity contribution in [2.75, 3.05) is 11.9 Å². The van der Waals surface area contributed by atoms with Gasteiger partial charge in [0.1, 0.15) is 24.4 Å². The second-order valence-corrected chi connectivity index (χ2v) is 9.07. The molecule has 0 aliphatic heterocycles. The Morgan fingerprint density at radius 3 is 2.74 bits per heavy atom. The van der Waals surface area contributed by atoms with Crippen molar-refractivity contribution in [3.8, 4) is 5.75 Å². The molecule has 174 valence electrons. The first-order chi connectivity index (χ1) is 16.4. The van der Waals surface area contributed by atoms with E-state index in [1.54, 1.807) is 49.3 Å². The summed E-state index contributed by atoms with van der Waals surface area (Å²) in [5, 5.41) is 12.7. The molecule has 1 amide bonds. The van der Waals surface area contributed by atoms with Gasteiger partial charge in [0.05, 0.1) is 5.52 Å². The van der Waals surface area contributed by atoms with Crippen LogP contribution in [0.3, 0.4) is 0 Å². The normalized spacial score (nSPS) is 11.9. The second-order valence-electron chi connectivity index (χ2n) is 7.76. The smallest absolute Gasteiger partial charge is 0.274 e. The number of nitrogens with one attached hydrogen (secondary N) is 1. The Balaban J connectivity index is 1.48. The van der Waals surface area contributed by atoms with E-state index in [1.165, 1.54) is 0 Å². The Kier molecular flexibility index (Phi) is 7.22. The standard InChI is InChI=1S/C25H25N5O3S/c1-4-19(31)14-33-23-10-6-9-21-20(23)11-12-22(28-21)24(32)27-18-8-5-7-17(13-18)16(2)34-25-29-26-15-30(25)3/h5-13,15-16H,4,14H2,1-3H3,(H,27,32)/t16-/m0/s1. The van der Waals surface area contributed by atoms with Gasteiger partial charge in [0.2, 0.25) is 0 Å².